The molecule has 1 aromatic rings. The van der Waals surface area contributed by atoms with E-state index in [0.29, 0.717) is 17.9 Å². The third-order valence-electron chi connectivity index (χ3n) is 2.43. The predicted molar refractivity (Wildman–Crippen MR) is 68.1 cm³/mol. The summed E-state index contributed by atoms with van der Waals surface area (Å²) in [7, 11) is 4.85. The smallest absolute Gasteiger partial charge is 0.164 e. The van der Waals surface area contributed by atoms with E-state index in [2.05, 4.69) is 0 Å². The molecular weight excluding hydrogens is 218 g/mol. The molecule has 17 heavy (non-hydrogen) atoms. The number of hydrogen-bond donors (Lipinski definition) is 1. The van der Waals surface area contributed by atoms with Crippen LogP contribution in [0.15, 0.2) is 12.1 Å². The lowest BCUT2D eigenvalue weighted by Crippen LogP contribution is -2.34. The van der Waals surface area contributed by atoms with Gasteiger partial charge in [-0.25, -0.2) is 0 Å². The van der Waals surface area contributed by atoms with Crippen molar-refractivity contribution in [3.8, 4) is 17.2 Å². The molecule has 1 rings (SSSR count). The Labute approximate surface area is 103 Å². The van der Waals surface area contributed by atoms with Crippen LogP contribution in [0.4, 0.5) is 0 Å². The molecule has 96 valence electrons. The van der Waals surface area contributed by atoms with Crippen molar-refractivity contribution in [2.45, 2.75) is 25.8 Å². The zero-order chi connectivity index (χ0) is 13.1. The Morgan fingerprint density at radius 3 is 1.82 bits per heavy atom. The van der Waals surface area contributed by atoms with Crippen LogP contribution in [0.1, 0.15) is 19.4 Å². The molecule has 0 radical (unpaired) electrons. The maximum Gasteiger partial charge on any atom is 0.164 e. The quantitative estimate of drug-likeness (QED) is 0.853. The highest BCUT2D eigenvalue weighted by Gasteiger charge is 2.18. The van der Waals surface area contributed by atoms with Crippen LogP contribution in [0.5, 0.6) is 17.2 Å². The summed E-state index contributed by atoms with van der Waals surface area (Å²) in [5, 5.41) is 0. The van der Waals surface area contributed by atoms with Crippen molar-refractivity contribution in [3.05, 3.63) is 17.7 Å². The summed E-state index contributed by atoms with van der Waals surface area (Å²) in [6.45, 7) is 3.95. The standard InChI is InChI=1S/C13H21NO3/c1-13(2,14)8-9-6-11(16-4)12(17-5)7-10(9)15-3/h6-7H,8,14H2,1-5H3. The molecule has 4 heteroatoms. The van der Waals surface area contributed by atoms with Crippen molar-refractivity contribution in [2.75, 3.05) is 21.3 Å². The van der Waals surface area contributed by atoms with Crippen LogP contribution in [-0.2, 0) is 6.42 Å². The molecule has 1 aromatic carbocycles. The molecule has 0 fully saturated rings. The van der Waals surface area contributed by atoms with Gasteiger partial charge in [0.2, 0.25) is 0 Å². The Morgan fingerprint density at radius 1 is 0.941 bits per heavy atom. The maximum atomic E-state index is 6.03. The fraction of sp³-hybridized carbons (Fsp3) is 0.538. The number of benzene rings is 1. The summed E-state index contributed by atoms with van der Waals surface area (Å²) in [6, 6.07) is 3.73. The molecule has 0 heterocycles. The number of hydrogen-bond acceptors (Lipinski definition) is 4. The first-order valence-electron chi connectivity index (χ1n) is 5.49. The molecule has 0 saturated heterocycles. The second-order valence-corrected chi connectivity index (χ2v) is 4.68. The number of nitrogens with two attached hydrogens (primary N) is 1. The van der Waals surface area contributed by atoms with E-state index in [0.717, 1.165) is 11.3 Å². The first-order valence-corrected chi connectivity index (χ1v) is 5.49. The van der Waals surface area contributed by atoms with Gasteiger partial charge in [-0.3, -0.25) is 0 Å². The van der Waals surface area contributed by atoms with Gasteiger partial charge in [0.25, 0.3) is 0 Å². The molecule has 0 bridgehead atoms. The minimum Gasteiger partial charge on any atom is -0.496 e. The van der Waals surface area contributed by atoms with Crippen molar-refractivity contribution in [2.24, 2.45) is 5.73 Å². The topological polar surface area (TPSA) is 53.7 Å². The van der Waals surface area contributed by atoms with Gasteiger partial charge in [0, 0.05) is 11.6 Å². The Hall–Kier alpha value is -1.42. The third kappa shape index (κ3) is 3.53. The Kier molecular flexibility index (Phi) is 4.23. The molecule has 0 aromatic heterocycles. The Balaban J connectivity index is 3.19. The van der Waals surface area contributed by atoms with Gasteiger partial charge in [0.15, 0.2) is 11.5 Å². The molecule has 0 unspecified atom stereocenters. The summed E-state index contributed by atoms with van der Waals surface area (Å²) in [6.07, 6.45) is 0.705. The van der Waals surface area contributed by atoms with Crippen LogP contribution in [0, 0.1) is 0 Å². The number of methoxy groups -OCH3 is 3. The Morgan fingerprint density at radius 2 is 1.41 bits per heavy atom. The average molecular weight is 239 g/mol. The molecule has 0 aliphatic heterocycles. The van der Waals surface area contributed by atoms with Crippen LogP contribution in [0.3, 0.4) is 0 Å². The molecule has 0 spiro atoms. The second kappa shape index (κ2) is 5.27. The van der Waals surface area contributed by atoms with Gasteiger partial charge < -0.3 is 19.9 Å². The SMILES string of the molecule is COc1cc(OC)c(OC)cc1CC(C)(C)N. The fourth-order valence-electron chi connectivity index (χ4n) is 1.72. The van der Waals surface area contributed by atoms with Gasteiger partial charge in [0.05, 0.1) is 21.3 Å². The monoisotopic (exact) mass is 239 g/mol. The van der Waals surface area contributed by atoms with E-state index < -0.39 is 0 Å². The van der Waals surface area contributed by atoms with E-state index >= 15 is 0 Å². The highest BCUT2D eigenvalue weighted by atomic mass is 16.5. The van der Waals surface area contributed by atoms with Crippen molar-refractivity contribution in [1.29, 1.82) is 0 Å². The third-order valence-corrected chi connectivity index (χ3v) is 2.43. The van der Waals surface area contributed by atoms with Gasteiger partial charge >= 0.3 is 0 Å². The minimum absolute atomic E-state index is 0.299. The summed E-state index contributed by atoms with van der Waals surface area (Å²) >= 11 is 0. The largest absolute Gasteiger partial charge is 0.496 e. The molecule has 0 saturated carbocycles. The maximum absolute atomic E-state index is 6.03. The fourth-order valence-corrected chi connectivity index (χ4v) is 1.72. The highest BCUT2D eigenvalue weighted by molar-refractivity contribution is 5.51. The van der Waals surface area contributed by atoms with Gasteiger partial charge in [0.1, 0.15) is 5.75 Å². The van der Waals surface area contributed by atoms with Crippen LogP contribution in [0.25, 0.3) is 0 Å². The van der Waals surface area contributed by atoms with Crippen molar-refractivity contribution in [3.63, 3.8) is 0 Å². The van der Waals surface area contributed by atoms with E-state index in [9.17, 15) is 0 Å². The highest BCUT2D eigenvalue weighted by Crippen LogP contribution is 2.35. The number of ether oxygens (including phenoxy) is 3. The van der Waals surface area contributed by atoms with Crippen molar-refractivity contribution < 1.29 is 14.2 Å². The predicted octanol–water partition coefficient (Wildman–Crippen LogP) is 1.99. The summed E-state index contributed by atoms with van der Waals surface area (Å²) in [5.74, 6) is 2.11. The van der Waals surface area contributed by atoms with E-state index in [-0.39, 0.29) is 5.54 Å². The van der Waals surface area contributed by atoms with E-state index in [1.54, 1.807) is 21.3 Å². The summed E-state index contributed by atoms with van der Waals surface area (Å²) in [4.78, 5) is 0. The average Bonchev–Trinajstić information content (AvgIpc) is 2.26. The minimum atomic E-state index is -0.299. The van der Waals surface area contributed by atoms with Crippen LogP contribution < -0.4 is 19.9 Å². The molecular formula is C13H21NO3. The van der Waals surface area contributed by atoms with E-state index in [1.807, 2.05) is 26.0 Å². The Bertz CT molecular complexity index is 383. The first kappa shape index (κ1) is 13.6. The molecule has 2 N–H and O–H groups in total. The first-order chi connectivity index (χ1) is 7.91. The van der Waals surface area contributed by atoms with Crippen LogP contribution in [0.2, 0.25) is 0 Å². The van der Waals surface area contributed by atoms with Gasteiger partial charge in [-0.2, -0.15) is 0 Å². The van der Waals surface area contributed by atoms with E-state index in [4.69, 9.17) is 19.9 Å². The lowest BCUT2D eigenvalue weighted by molar-refractivity contribution is 0.346. The van der Waals surface area contributed by atoms with Crippen LogP contribution in [-0.4, -0.2) is 26.9 Å². The normalized spacial score (nSPS) is 11.2. The molecule has 0 aliphatic rings. The molecule has 0 atom stereocenters. The second-order valence-electron chi connectivity index (χ2n) is 4.68. The van der Waals surface area contributed by atoms with Gasteiger partial charge in [-0.15, -0.1) is 0 Å². The summed E-state index contributed by atoms with van der Waals surface area (Å²) in [5.41, 5.74) is 6.74. The van der Waals surface area contributed by atoms with Crippen molar-refractivity contribution >= 4 is 0 Å². The molecule has 4 nitrogen and oxygen atoms in total. The lowest BCUT2D eigenvalue weighted by Gasteiger charge is -2.21. The van der Waals surface area contributed by atoms with Crippen LogP contribution >= 0.6 is 0 Å². The molecule has 0 amide bonds. The van der Waals surface area contributed by atoms with Gasteiger partial charge in [-0.1, -0.05) is 0 Å². The van der Waals surface area contributed by atoms with E-state index in [1.165, 1.54) is 0 Å². The summed E-state index contributed by atoms with van der Waals surface area (Å²) < 4.78 is 15.8. The van der Waals surface area contributed by atoms with Gasteiger partial charge in [-0.05, 0) is 31.9 Å². The lowest BCUT2D eigenvalue weighted by atomic mass is 9.95. The zero-order valence-electron chi connectivity index (χ0n) is 11.2. The zero-order valence-corrected chi connectivity index (χ0v) is 11.2. The molecule has 0 aliphatic carbocycles. The number of rotatable bonds is 5. The van der Waals surface area contributed by atoms with Crippen molar-refractivity contribution in [1.82, 2.24) is 0 Å².